The molecule has 1 aliphatic carbocycles. The second-order valence-corrected chi connectivity index (χ2v) is 7.13. The number of fused-ring (bicyclic) bond motifs is 1. The monoisotopic (exact) mass is 329 g/mol. The molecular formula is C16H15N3OS2. The number of nitrogens with zero attached hydrogens (tertiary/aromatic N) is 3. The number of carbonyl (C=O) groups is 1. The lowest BCUT2D eigenvalue weighted by atomic mass is 9.92. The molecule has 1 aliphatic heterocycles. The second-order valence-electron chi connectivity index (χ2n) is 5.47. The van der Waals surface area contributed by atoms with Crippen LogP contribution < -0.4 is 0 Å². The Bertz CT molecular complexity index is 805. The van der Waals surface area contributed by atoms with E-state index < -0.39 is 0 Å². The Morgan fingerprint density at radius 3 is 3.00 bits per heavy atom. The topological polar surface area (TPSA) is 45.6 Å². The summed E-state index contributed by atoms with van der Waals surface area (Å²) in [5.74, 6) is 0.0402. The van der Waals surface area contributed by atoms with Crippen molar-refractivity contribution >= 4 is 50.5 Å². The summed E-state index contributed by atoms with van der Waals surface area (Å²) in [5.41, 5.74) is 4.37. The molecule has 4 nitrogen and oxygen atoms in total. The van der Waals surface area contributed by atoms with Crippen LogP contribution >= 0.6 is 23.1 Å². The number of carbonyl (C=O) groups excluding carboxylic acids is 1. The summed E-state index contributed by atoms with van der Waals surface area (Å²) in [6.45, 7) is 0. The van der Waals surface area contributed by atoms with Crippen molar-refractivity contribution in [2.75, 3.05) is 6.26 Å². The fourth-order valence-corrected chi connectivity index (χ4v) is 4.08. The number of amides is 1. The summed E-state index contributed by atoms with van der Waals surface area (Å²) in [6, 6.07) is 6.38. The van der Waals surface area contributed by atoms with Crippen molar-refractivity contribution in [1.29, 1.82) is 0 Å². The van der Waals surface area contributed by atoms with Gasteiger partial charge in [-0.25, -0.2) is 9.98 Å². The third-order valence-electron chi connectivity index (χ3n) is 4.14. The molecule has 0 radical (unpaired) electrons. The highest BCUT2D eigenvalue weighted by molar-refractivity contribution is 8.13. The summed E-state index contributed by atoms with van der Waals surface area (Å²) < 4.78 is 1.13. The highest BCUT2D eigenvalue weighted by Gasteiger charge is 2.37. The Labute approximate surface area is 136 Å². The van der Waals surface area contributed by atoms with Crippen molar-refractivity contribution < 1.29 is 4.79 Å². The van der Waals surface area contributed by atoms with Crippen LogP contribution in [0.1, 0.15) is 24.8 Å². The zero-order chi connectivity index (χ0) is 15.1. The lowest BCUT2D eigenvalue weighted by Crippen LogP contribution is -2.44. The van der Waals surface area contributed by atoms with E-state index in [1.165, 1.54) is 6.42 Å². The summed E-state index contributed by atoms with van der Waals surface area (Å²) in [4.78, 5) is 23.3. The van der Waals surface area contributed by atoms with Gasteiger partial charge in [-0.1, -0.05) is 17.8 Å². The summed E-state index contributed by atoms with van der Waals surface area (Å²) in [6.07, 6.45) is 7.24. The molecule has 1 saturated carbocycles. The van der Waals surface area contributed by atoms with Crippen molar-refractivity contribution in [3.63, 3.8) is 0 Å². The van der Waals surface area contributed by atoms with Gasteiger partial charge >= 0.3 is 0 Å². The maximum Gasteiger partial charge on any atom is 0.278 e. The van der Waals surface area contributed by atoms with Crippen molar-refractivity contribution in [3.05, 3.63) is 35.0 Å². The third-order valence-corrected chi connectivity index (χ3v) is 5.59. The van der Waals surface area contributed by atoms with Gasteiger partial charge in [0.1, 0.15) is 5.70 Å². The lowest BCUT2D eigenvalue weighted by molar-refractivity contribution is -0.125. The third kappa shape index (κ3) is 2.27. The molecule has 0 bridgehead atoms. The lowest BCUT2D eigenvalue weighted by Gasteiger charge is -2.34. The second kappa shape index (κ2) is 5.52. The van der Waals surface area contributed by atoms with Gasteiger partial charge in [0.15, 0.2) is 5.17 Å². The van der Waals surface area contributed by atoms with E-state index in [0.29, 0.717) is 11.7 Å². The van der Waals surface area contributed by atoms with Gasteiger partial charge in [0.25, 0.3) is 5.91 Å². The number of hydrogen-bond acceptors (Lipinski definition) is 5. The molecule has 4 rings (SSSR count). The number of aromatic nitrogens is 1. The van der Waals surface area contributed by atoms with Gasteiger partial charge in [0.2, 0.25) is 0 Å². The Hall–Kier alpha value is -1.66. The zero-order valence-electron chi connectivity index (χ0n) is 12.2. The molecule has 22 heavy (non-hydrogen) atoms. The predicted octanol–water partition coefficient (Wildman–Crippen LogP) is 3.75. The van der Waals surface area contributed by atoms with Crippen LogP contribution in [-0.4, -0.2) is 33.3 Å². The summed E-state index contributed by atoms with van der Waals surface area (Å²) in [5, 5.41) is 0.833. The van der Waals surface area contributed by atoms with Crippen LogP contribution in [0.3, 0.4) is 0 Å². The first-order valence-electron chi connectivity index (χ1n) is 7.27. The van der Waals surface area contributed by atoms with Gasteiger partial charge in [0.05, 0.1) is 15.7 Å². The first-order valence-corrected chi connectivity index (χ1v) is 9.38. The smallest absolute Gasteiger partial charge is 0.278 e. The highest BCUT2D eigenvalue weighted by Crippen LogP contribution is 2.33. The molecule has 0 spiro atoms. The minimum absolute atomic E-state index is 0.0402. The minimum atomic E-state index is 0.0402. The molecule has 1 amide bonds. The van der Waals surface area contributed by atoms with Crippen LogP contribution in [0.15, 0.2) is 34.4 Å². The average Bonchev–Trinajstić information content (AvgIpc) is 3.04. The van der Waals surface area contributed by atoms with Crippen LogP contribution in [-0.2, 0) is 4.79 Å². The number of benzene rings is 1. The molecule has 1 aromatic carbocycles. The van der Waals surface area contributed by atoms with E-state index in [-0.39, 0.29) is 5.91 Å². The number of rotatable bonds is 2. The molecule has 1 aromatic heterocycles. The van der Waals surface area contributed by atoms with Crippen molar-refractivity contribution in [2.24, 2.45) is 4.99 Å². The quantitative estimate of drug-likeness (QED) is 0.788. The molecule has 6 heteroatoms. The van der Waals surface area contributed by atoms with Crippen LogP contribution in [0, 0.1) is 0 Å². The number of thioether (sulfide) groups is 1. The predicted molar refractivity (Wildman–Crippen MR) is 93.0 cm³/mol. The highest BCUT2D eigenvalue weighted by atomic mass is 32.2. The van der Waals surface area contributed by atoms with E-state index >= 15 is 0 Å². The Morgan fingerprint density at radius 2 is 2.27 bits per heavy atom. The molecular weight excluding hydrogens is 314 g/mol. The van der Waals surface area contributed by atoms with Gasteiger partial charge < -0.3 is 0 Å². The molecule has 112 valence electrons. The molecule has 2 aromatic rings. The Kier molecular flexibility index (Phi) is 3.50. The average molecular weight is 329 g/mol. The van der Waals surface area contributed by atoms with Gasteiger partial charge in [0, 0.05) is 6.04 Å². The SMILES string of the molecule is CSC1=N/C(=C\c2ccc3ncsc3c2)C(=O)N1C1CCC1. The van der Waals surface area contributed by atoms with Crippen LogP contribution in [0.2, 0.25) is 0 Å². The number of amidine groups is 1. The van der Waals surface area contributed by atoms with E-state index in [1.807, 2.05) is 34.9 Å². The van der Waals surface area contributed by atoms with Crippen LogP contribution in [0.4, 0.5) is 0 Å². The first kappa shape index (κ1) is 14.0. The van der Waals surface area contributed by atoms with E-state index in [4.69, 9.17) is 0 Å². The van der Waals surface area contributed by atoms with E-state index in [9.17, 15) is 4.79 Å². The maximum atomic E-state index is 12.6. The molecule has 1 fully saturated rings. The van der Waals surface area contributed by atoms with E-state index in [0.717, 1.165) is 33.8 Å². The van der Waals surface area contributed by atoms with Gasteiger partial charge in [-0.3, -0.25) is 9.69 Å². The molecule has 0 saturated heterocycles. The largest absolute Gasteiger partial charge is 0.283 e. The minimum Gasteiger partial charge on any atom is -0.283 e. The van der Waals surface area contributed by atoms with Crippen molar-refractivity contribution in [3.8, 4) is 0 Å². The normalized spacial score (nSPS) is 20.8. The van der Waals surface area contributed by atoms with E-state index in [2.05, 4.69) is 16.0 Å². The van der Waals surface area contributed by atoms with Crippen molar-refractivity contribution in [1.82, 2.24) is 9.88 Å². The Balaban J connectivity index is 1.68. The van der Waals surface area contributed by atoms with Crippen molar-refractivity contribution in [2.45, 2.75) is 25.3 Å². The fraction of sp³-hybridized carbons (Fsp3) is 0.312. The summed E-state index contributed by atoms with van der Waals surface area (Å²) in [7, 11) is 0. The number of hydrogen-bond donors (Lipinski definition) is 0. The van der Waals surface area contributed by atoms with Crippen LogP contribution in [0.5, 0.6) is 0 Å². The number of aliphatic imine (C=N–C) groups is 1. The van der Waals surface area contributed by atoms with Gasteiger partial charge in [-0.05, 0) is 49.3 Å². The standard InChI is InChI=1S/C16H15N3OS2/c1-21-16-18-13(15(20)19(16)11-3-2-4-11)7-10-5-6-12-14(8-10)22-9-17-12/h5-9,11H,2-4H2,1H3/b13-7-. The molecule has 2 aliphatic rings. The Morgan fingerprint density at radius 1 is 1.41 bits per heavy atom. The molecule has 0 N–H and O–H groups in total. The molecule has 2 heterocycles. The van der Waals surface area contributed by atoms with E-state index in [1.54, 1.807) is 23.1 Å². The van der Waals surface area contributed by atoms with Crippen LogP contribution in [0.25, 0.3) is 16.3 Å². The van der Waals surface area contributed by atoms with Gasteiger partial charge in [-0.2, -0.15) is 0 Å². The fourth-order valence-electron chi connectivity index (χ4n) is 2.74. The zero-order valence-corrected chi connectivity index (χ0v) is 13.8. The molecule has 0 unspecified atom stereocenters. The number of thiazole rings is 1. The van der Waals surface area contributed by atoms with Gasteiger partial charge in [-0.15, -0.1) is 11.3 Å². The summed E-state index contributed by atoms with van der Waals surface area (Å²) >= 11 is 3.15. The first-order chi connectivity index (χ1) is 10.8. The molecule has 0 atom stereocenters. The maximum absolute atomic E-state index is 12.6.